The van der Waals surface area contributed by atoms with E-state index in [4.69, 9.17) is 9.47 Å². The molecular weight excluding hydrogens is 446 g/mol. The molecule has 0 unspecified atom stereocenters. The fraction of sp³-hybridized carbons (Fsp3) is 0.478. The number of rotatable bonds is 7. The van der Waals surface area contributed by atoms with Gasteiger partial charge in [-0.15, -0.1) is 0 Å². The molecular formula is C23H31N3O6S. The molecule has 2 aromatic rings. The van der Waals surface area contributed by atoms with Crippen molar-refractivity contribution in [1.82, 2.24) is 8.87 Å². The number of sulfonamides is 1. The van der Waals surface area contributed by atoms with Gasteiger partial charge in [-0.25, -0.2) is 13.2 Å². The number of esters is 1. The standard InChI is InChI=1S/C23H31N3O6S/c1-6-32-23(28)20-15(2)25(4)16(3)21(20)33(29,30)26-13-7-8-17(14-26)22(27)24-18-9-11-19(31-5)12-10-18/h9-12,17H,6-8,13-14H2,1-5H3,(H,24,27)/t17-/m0/s1. The zero-order valence-corrected chi connectivity index (χ0v) is 20.5. The first kappa shape index (κ1) is 24.8. The summed E-state index contributed by atoms with van der Waals surface area (Å²) < 4.78 is 40.6. The van der Waals surface area contributed by atoms with E-state index in [1.165, 1.54) is 4.31 Å². The van der Waals surface area contributed by atoms with E-state index in [0.717, 1.165) is 0 Å². The maximum atomic E-state index is 13.7. The third-order valence-corrected chi connectivity index (χ3v) is 8.14. The molecule has 1 atom stereocenters. The summed E-state index contributed by atoms with van der Waals surface area (Å²) in [5, 5.41) is 2.85. The molecule has 180 valence electrons. The molecule has 1 aliphatic rings. The number of nitrogens with zero attached hydrogens (tertiary/aromatic N) is 2. The van der Waals surface area contributed by atoms with Gasteiger partial charge in [-0.05, 0) is 57.9 Å². The Kier molecular flexibility index (Phi) is 7.48. The van der Waals surface area contributed by atoms with Crippen molar-refractivity contribution in [1.29, 1.82) is 0 Å². The van der Waals surface area contributed by atoms with E-state index < -0.39 is 21.9 Å². The summed E-state index contributed by atoms with van der Waals surface area (Å²) in [4.78, 5) is 25.4. The molecule has 2 heterocycles. The molecule has 1 aromatic heterocycles. The lowest BCUT2D eigenvalue weighted by molar-refractivity contribution is -0.120. The van der Waals surface area contributed by atoms with Gasteiger partial charge in [0, 0.05) is 37.2 Å². The van der Waals surface area contributed by atoms with Gasteiger partial charge in [0.15, 0.2) is 0 Å². The molecule has 9 nitrogen and oxygen atoms in total. The lowest BCUT2D eigenvalue weighted by Crippen LogP contribution is -2.44. The Morgan fingerprint density at radius 2 is 1.82 bits per heavy atom. The van der Waals surface area contributed by atoms with Crippen LogP contribution < -0.4 is 10.1 Å². The highest BCUT2D eigenvalue weighted by atomic mass is 32.2. The largest absolute Gasteiger partial charge is 0.497 e. The lowest BCUT2D eigenvalue weighted by Gasteiger charge is -2.31. The topological polar surface area (TPSA) is 107 Å². The molecule has 10 heteroatoms. The number of ether oxygens (including phenoxy) is 2. The maximum Gasteiger partial charge on any atom is 0.341 e. The summed E-state index contributed by atoms with van der Waals surface area (Å²) in [5.41, 5.74) is 1.65. The van der Waals surface area contributed by atoms with Crippen molar-refractivity contribution in [2.45, 2.75) is 38.5 Å². The highest BCUT2D eigenvalue weighted by molar-refractivity contribution is 7.89. The molecule has 0 saturated carbocycles. The highest BCUT2D eigenvalue weighted by Crippen LogP contribution is 2.32. The van der Waals surface area contributed by atoms with Crippen LogP contribution in [0.15, 0.2) is 29.2 Å². The highest BCUT2D eigenvalue weighted by Gasteiger charge is 2.39. The molecule has 1 saturated heterocycles. The number of aromatic nitrogens is 1. The van der Waals surface area contributed by atoms with Crippen LogP contribution >= 0.6 is 0 Å². The van der Waals surface area contributed by atoms with Crippen LogP contribution in [0.1, 0.15) is 41.5 Å². The van der Waals surface area contributed by atoms with Gasteiger partial charge in [0.2, 0.25) is 15.9 Å². The Labute approximate surface area is 194 Å². The summed E-state index contributed by atoms with van der Waals surface area (Å²) in [5.74, 6) is -0.740. The number of carbonyl (C=O) groups is 2. The third kappa shape index (κ3) is 4.91. The Morgan fingerprint density at radius 1 is 1.15 bits per heavy atom. The maximum absolute atomic E-state index is 13.7. The second kappa shape index (κ2) is 9.96. The van der Waals surface area contributed by atoms with E-state index in [-0.39, 0.29) is 36.1 Å². The first-order chi connectivity index (χ1) is 15.6. The molecule has 0 aliphatic carbocycles. The van der Waals surface area contributed by atoms with Gasteiger partial charge >= 0.3 is 5.97 Å². The Morgan fingerprint density at radius 3 is 2.42 bits per heavy atom. The van der Waals surface area contributed by atoms with Crippen molar-refractivity contribution in [3.63, 3.8) is 0 Å². The number of amides is 1. The van der Waals surface area contributed by atoms with Gasteiger partial charge in [-0.3, -0.25) is 4.79 Å². The molecule has 1 aliphatic heterocycles. The monoisotopic (exact) mass is 477 g/mol. The van der Waals surface area contributed by atoms with Crippen molar-refractivity contribution >= 4 is 27.6 Å². The number of methoxy groups -OCH3 is 1. The number of piperidine rings is 1. The summed E-state index contributed by atoms with van der Waals surface area (Å²) in [6.45, 7) is 5.50. The third-order valence-electron chi connectivity index (χ3n) is 6.11. The molecule has 1 fully saturated rings. The Bertz CT molecular complexity index is 1140. The van der Waals surface area contributed by atoms with Crippen molar-refractivity contribution in [2.24, 2.45) is 13.0 Å². The number of anilines is 1. The number of hydrogen-bond donors (Lipinski definition) is 1. The first-order valence-electron chi connectivity index (χ1n) is 10.9. The molecule has 33 heavy (non-hydrogen) atoms. The molecule has 0 spiro atoms. The van der Waals surface area contributed by atoms with E-state index >= 15 is 0 Å². The zero-order valence-electron chi connectivity index (χ0n) is 19.7. The van der Waals surface area contributed by atoms with Gasteiger partial charge in [-0.1, -0.05) is 0 Å². The minimum Gasteiger partial charge on any atom is -0.497 e. The quantitative estimate of drug-likeness (QED) is 0.615. The van der Waals surface area contributed by atoms with Crippen LogP contribution in [0.5, 0.6) is 5.75 Å². The minimum atomic E-state index is -4.02. The fourth-order valence-electron chi connectivity index (χ4n) is 4.10. The van der Waals surface area contributed by atoms with Gasteiger partial charge in [0.05, 0.1) is 19.6 Å². The van der Waals surface area contributed by atoms with E-state index in [1.807, 2.05) is 0 Å². The fourth-order valence-corrected chi connectivity index (χ4v) is 6.10. The number of nitrogens with one attached hydrogen (secondary N) is 1. The summed E-state index contributed by atoms with van der Waals surface area (Å²) in [6, 6.07) is 6.95. The lowest BCUT2D eigenvalue weighted by atomic mass is 9.99. The van der Waals surface area contributed by atoms with E-state index in [0.29, 0.717) is 35.7 Å². The van der Waals surface area contributed by atoms with Gasteiger partial charge in [-0.2, -0.15) is 4.31 Å². The van der Waals surface area contributed by atoms with Crippen LogP contribution in [-0.4, -0.2) is 56.0 Å². The van der Waals surface area contributed by atoms with Gasteiger partial charge < -0.3 is 19.4 Å². The second-order valence-corrected chi connectivity index (χ2v) is 9.95. The molecule has 0 bridgehead atoms. The molecule has 3 rings (SSSR count). The molecule has 1 amide bonds. The summed E-state index contributed by atoms with van der Waals surface area (Å²) in [7, 11) is -0.742. The minimum absolute atomic E-state index is 0.0416. The number of hydrogen-bond acceptors (Lipinski definition) is 6. The van der Waals surface area contributed by atoms with Crippen molar-refractivity contribution in [3.05, 3.63) is 41.2 Å². The van der Waals surface area contributed by atoms with Gasteiger partial charge in [0.1, 0.15) is 16.2 Å². The van der Waals surface area contributed by atoms with Crippen LogP contribution in [0, 0.1) is 19.8 Å². The van der Waals surface area contributed by atoms with Gasteiger partial charge in [0.25, 0.3) is 0 Å². The first-order valence-corrected chi connectivity index (χ1v) is 12.3. The van der Waals surface area contributed by atoms with E-state index in [9.17, 15) is 18.0 Å². The average molecular weight is 478 g/mol. The molecule has 0 radical (unpaired) electrons. The van der Waals surface area contributed by atoms with Crippen molar-refractivity contribution in [2.75, 3.05) is 32.1 Å². The van der Waals surface area contributed by atoms with Crippen LogP contribution in [0.3, 0.4) is 0 Å². The Hall–Kier alpha value is -2.85. The summed E-state index contributed by atoms with van der Waals surface area (Å²) in [6.07, 6.45) is 1.12. The average Bonchev–Trinajstić information content (AvgIpc) is 3.04. The van der Waals surface area contributed by atoms with Crippen LogP contribution in [0.2, 0.25) is 0 Å². The Balaban J connectivity index is 1.85. The number of carbonyl (C=O) groups excluding carboxylic acids is 2. The zero-order chi connectivity index (χ0) is 24.3. The summed E-state index contributed by atoms with van der Waals surface area (Å²) >= 11 is 0. The predicted octanol–water partition coefficient (Wildman–Crippen LogP) is 2.87. The number of benzene rings is 1. The van der Waals surface area contributed by atoms with Crippen LogP contribution in [-0.2, 0) is 26.6 Å². The predicted molar refractivity (Wildman–Crippen MR) is 124 cm³/mol. The van der Waals surface area contributed by atoms with E-state index in [1.54, 1.807) is 63.8 Å². The second-order valence-electron chi connectivity index (χ2n) is 8.07. The van der Waals surface area contributed by atoms with Crippen LogP contribution in [0.25, 0.3) is 0 Å². The smallest absolute Gasteiger partial charge is 0.341 e. The SMILES string of the molecule is CCOC(=O)c1c(S(=O)(=O)N2CCC[C@H](C(=O)Nc3ccc(OC)cc3)C2)c(C)n(C)c1C. The normalized spacial score (nSPS) is 16.9. The molecule has 1 aromatic carbocycles. The van der Waals surface area contributed by atoms with Crippen LogP contribution in [0.4, 0.5) is 5.69 Å². The van der Waals surface area contributed by atoms with E-state index in [2.05, 4.69) is 5.32 Å². The van der Waals surface area contributed by atoms with Crippen molar-refractivity contribution in [3.8, 4) is 5.75 Å². The van der Waals surface area contributed by atoms with Crippen molar-refractivity contribution < 1.29 is 27.5 Å². The molecule has 1 N–H and O–H groups in total.